The van der Waals surface area contributed by atoms with Gasteiger partial charge in [0.2, 0.25) is 12.6 Å². The molecule has 0 saturated carbocycles. The molecule has 1 aromatic heterocycles. The van der Waals surface area contributed by atoms with E-state index in [1.165, 1.54) is 24.3 Å². The summed E-state index contributed by atoms with van der Waals surface area (Å²) >= 11 is 11.8. The number of benzene rings is 8. The lowest BCUT2D eigenvalue weighted by Crippen LogP contribution is -2.38. The van der Waals surface area contributed by atoms with E-state index in [4.69, 9.17) is 53.0 Å². The van der Waals surface area contributed by atoms with Crippen LogP contribution in [-0.2, 0) is 49.8 Å². The number of aromatic nitrogens is 1. The van der Waals surface area contributed by atoms with E-state index >= 15 is 8.78 Å². The maximum Gasteiger partial charge on any atom is 0.441 e. The molecule has 0 radical (unpaired) electrons. The number of rotatable bonds is 22. The maximum atomic E-state index is 16.9. The van der Waals surface area contributed by atoms with Crippen LogP contribution in [0.5, 0.6) is 0 Å². The van der Waals surface area contributed by atoms with Gasteiger partial charge in [-0.3, -0.25) is 4.99 Å². The number of alkyl halides is 3. The molecule has 0 aliphatic heterocycles. The molecule has 90 heavy (non-hydrogen) atoms. The highest BCUT2D eigenvalue weighted by Crippen LogP contribution is 2.44. The molecule has 0 atom stereocenters. The monoisotopic (exact) mass is 1270 g/mol. The van der Waals surface area contributed by atoms with Gasteiger partial charge in [-0.25, -0.2) is 18.2 Å². The number of nitrogens with one attached hydrogen (secondary N) is 1. The summed E-state index contributed by atoms with van der Waals surface area (Å²) < 4.78 is 111. The number of pyridine rings is 1. The lowest BCUT2D eigenvalue weighted by molar-refractivity contribution is -0.142. The molecule has 9 aromatic rings. The Hall–Kier alpha value is -8.18. The Morgan fingerprint density at radius 3 is 1.31 bits per heavy atom. The van der Waals surface area contributed by atoms with Crippen LogP contribution in [0.4, 0.5) is 32.0 Å². The van der Waals surface area contributed by atoms with Crippen molar-refractivity contribution < 1.29 is 55.5 Å². The van der Waals surface area contributed by atoms with Crippen LogP contribution in [-0.4, -0.2) is 59.8 Å². The van der Waals surface area contributed by atoms with Crippen molar-refractivity contribution in [3.63, 3.8) is 0 Å². The third kappa shape index (κ3) is 16.6. The zero-order valence-electron chi connectivity index (χ0n) is 49.8. The van der Waals surface area contributed by atoms with E-state index < -0.39 is 66.2 Å². The average Bonchev–Trinajstić information content (AvgIpc) is 0.852. The van der Waals surface area contributed by atoms with Gasteiger partial charge in [-0.05, 0) is 97.2 Å². The van der Waals surface area contributed by atoms with E-state index in [0.29, 0.717) is 35.5 Å². The highest BCUT2D eigenvalue weighted by atomic mass is 35.5. The molecule has 0 aliphatic rings. The Balaban J connectivity index is 0.000000221. The molecule has 10 nitrogen and oxygen atoms in total. The summed E-state index contributed by atoms with van der Waals surface area (Å²) in [6.07, 6.45) is -6.82. The summed E-state index contributed by atoms with van der Waals surface area (Å²) in [5, 5.41) is 22.4. The third-order valence-electron chi connectivity index (χ3n) is 14.1. The minimum absolute atomic E-state index is 0.0291. The molecule has 0 bridgehead atoms. The quantitative estimate of drug-likeness (QED) is 0.0172. The van der Waals surface area contributed by atoms with Gasteiger partial charge in [-0.2, -0.15) is 13.2 Å². The fraction of sp³-hybridized carbons (Fsp3) is 0.222. The molecular formula is C72H68Cl2F6N4O6. The van der Waals surface area contributed by atoms with E-state index in [1.54, 1.807) is 92.7 Å². The van der Waals surface area contributed by atoms with E-state index in [-0.39, 0.29) is 63.6 Å². The Morgan fingerprint density at radius 1 is 0.544 bits per heavy atom. The first-order chi connectivity index (χ1) is 43.6. The van der Waals surface area contributed by atoms with Gasteiger partial charge in [-0.15, -0.1) is 0 Å². The number of aliphatic hydroxyl groups excluding tert-OH is 2. The highest BCUT2D eigenvalue weighted by molar-refractivity contribution is 6.31. The zero-order chi connectivity index (χ0) is 64.7. The van der Waals surface area contributed by atoms with E-state index in [0.717, 1.165) is 16.7 Å². The summed E-state index contributed by atoms with van der Waals surface area (Å²) in [5.41, 5.74) is 5.98. The Kier molecular flexibility index (Phi) is 25.9. The average molecular weight is 1270 g/mol. The van der Waals surface area contributed by atoms with Crippen molar-refractivity contribution >= 4 is 34.6 Å². The largest absolute Gasteiger partial charge is 0.441 e. The van der Waals surface area contributed by atoms with Crippen molar-refractivity contribution in [1.29, 1.82) is 0 Å². The molecule has 5 N–H and O–H groups in total. The lowest BCUT2D eigenvalue weighted by Gasteiger charge is -2.38. The number of hydrogen-bond donors (Lipinski definition) is 4. The van der Waals surface area contributed by atoms with Crippen LogP contribution in [0, 0.1) is 29.3 Å². The number of halogens is 8. The molecule has 0 aliphatic carbocycles. The number of anilines is 1. The normalized spacial score (nSPS) is 11.7. The summed E-state index contributed by atoms with van der Waals surface area (Å²) in [7, 11) is 0. The van der Waals surface area contributed by atoms with Gasteiger partial charge in [0.15, 0.2) is 11.5 Å². The number of ether oxygens (including phenoxy) is 4. The molecule has 0 saturated heterocycles. The van der Waals surface area contributed by atoms with Crippen molar-refractivity contribution in [2.45, 2.75) is 77.3 Å². The first kappa shape index (κ1) is 69.3. The van der Waals surface area contributed by atoms with Gasteiger partial charge in [0.05, 0.1) is 24.6 Å². The predicted octanol–water partition coefficient (Wildman–Crippen LogP) is 16.5. The van der Waals surface area contributed by atoms with Gasteiger partial charge in [0.1, 0.15) is 28.4 Å². The van der Waals surface area contributed by atoms with E-state index in [2.05, 4.69) is 27.1 Å². The number of nitrogens with zero attached hydrogens (tertiary/aromatic N) is 2. The lowest BCUT2D eigenvalue weighted by atomic mass is 9.76. The van der Waals surface area contributed by atoms with Crippen LogP contribution in [0.2, 0.25) is 10.0 Å². The first-order valence-electron chi connectivity index (χ1n) is 28.9. The summed E-state index contributed by atoms with van der Waals surface area (Å²) in [6, 6.07) is 63.3. The second kappa shape index (κ2) is 33.6. The van der Waals surface area contributed by atoms with Crippen molar-refractivity contribution in [3.05, 3.63) is 296 Å². The van der Waals surface area contributed by atoms with Gasteiger partial charge in [-0.1, -0.05) is 211 Å². The molecule has 1 heterocycles. The predicted molar refractivity (Wildman–Crippen MR) is 342 cm³/mol. The van der Waals surface area contributed by atoms with Crippen molar-refractivity contribution in [2.75, 3.05) is 31.7 Å². The molecule has 0 unspecified atom stereocenters. The SMILES string of the molecule is CCOC(C#CC(=NC(c1ccccc1)(c1ccccc1)c1ccccc1)C(F)(F)F)OCC.CCOC(OCC)c1cc(NC(c2ccccc2)(c2ccccc2)c2ccccc2)c(F)c(-c2ccc(Cl)c(CO)c2F)n1.NCc1ccc(Cl)c(CO)c1F. The molecular weight excluding hydrogens is 1200 g/mol. The maximum absolute atomic E-state index is 16.9. The van der Waals surface area contributed by atoms with Crippen LogP contribution in [0.25, 0.3) is 11.3 Å². The minimum atomic E-state index is -4.79. The third-order valence-corrected chi connectivity index (χ3v) is 14.8. The highest BCUT2D eigenvalue weighted by Gasteiger charge is 2.43. The number of aliphatic hydroxyl groups is 2. The van der Waals surface area contributed by atoms with Crippen LogP contribution >= 0.6 is 23.2 Å². The van der Waals surface area contributed by atoms with Crippen LogP contribution in [0.3, 0.4) is 0 Å². The van der Waals surface area contributed by atoms with Crippen molar-refractivity contribution in [1.82, 2.24) is 4.98 Å². The Morgan fingerprint density at radius 2 is 0.933 bits per heavy atom. The topological polar surface area (TPSA) is 141 Å². The molecule has 0 spiro atoms. The van der Waals surface area contributed by atoms with Crippen LogP contribution in [0.1, 0.15) is 89.7 Å². The second-order valence-electron chi connectivity index (χ2n) is 19.7. The van der Waals surface area contributed by atoms with Gasteiger partial charge in [0, 0.05) is 65.3 Å². The molecule has 8 aromatic carbocycles. The molecule has 9 rings (SSSR count). The summed E-state index contributed by atoms with van der Waals surface area (Å²) in [4.78, 5) is 8.91. The second-order valence-corrected chi connectivity index (χ2v) is 20.5. The zero-order valence-corrected chi connectivity index (χ0v) is 51.3. The van der Waals surface area contributed by atoms with Crippen molar-refractivity contribution in [2.24, 2.45) is 10.7 Å². The van der Waals surface area contributed by atoms with Gasteiger partial charge in [0.25, 0.3) is 0 Å². The summed E-state index contributed by atoms with van der Waals surface area (Å²) in [6.45, 7) is 7.20. The Bertz CT molecular complexity index is 3590. The first-order valence-corrected chi connectivity index (χ1v) is 29.6. The molecule has 0 amide bonds. The number of aliphatic imine (C=N–C) groups is 1. The molecule has 468 valence electrons. The van der Waals surface area contributed by atoms with E-state index in [9.17, 15) is 22.7 Å². The molecule has 18 heteroatoms. The fourth-order valence-corrected chi connectivity index (χ4v) is 10.4. The summed E-state index contributed by atoms with van der Waals surface area (Å²) in [5.74, 6) is 2.52. The number of nitrogens with two attached hydrogens (primary N) is 1. The standard InChI is InChI=1S/C36H33ClF2N2O3.C28H26F3NO2.C8H9ClFNO/c1-3-43-35(44-4-2)31-22-30(33(39)34(40-31)27-20-21-29(37)28(23-42)32(27)38)41-36(24-14-8-5-9-15-24,25-16-10-6-11-17-25)26-18-12-7-13-19-26;1-3-33-26(34-4-2)21-20-25(28(29,30)31)32-27(22-14-8-5-9-15-22,23-16-10-6-11-17-23)24-18-12-7-13-19-24;9-7-2-1-5(3-11)8(10)6(7)4-12/h5-22,35,42H,3-4,23H2,1-2H3,(H,40,41);5-19,26H,3-4H2,1-2H3;1-2,12H,3-4,11H2. The van der Waals surface area contributed by atoms with Gasteiger partial charge < -0.3 is 40.2 Å². The van der Waals surface area contributed by atoms with Crippen LogP contribution < -0.4 is 11.1 Å². The minimum Gasteiger partial charge on any atom is -0.392 e. The molecule has 0 fully saturated rings. The fourth-order valence-electron chi connectivity index (χ4n) is 9.94. The number of hydrogen-bond acceptors (Lipinski definition) is 10. The van der Waals surface area contributed by atoms with Crippen molar-refractivity contribution in [3.8, 4) is 23.1 Å². The van der Waals surface area contributed by atoms with E-state index in [1.807, 2.05) is 123 Å². The Labute approximate surface area is 530 Å². The van der Waals surface area contributed by atoms with Crippen LogP contribution in [0.15, 0.2) is 217 Å². The van der Waals surface area contributed by atoms with Gasteiger partial charge >= 0.3 is 6.18 Å². The smallest absolute Gasteiger partial charge is 0.392 e.